The summed E-state index contributed by atoms with van der Waals surface area (Å²) in [6.07, 6.45) is 1.80. The second kappa shape index (κ2) is 6.52. The number of amides is 2. The van der Waals surface area contributed by atoms with Crippen LogP contribution < -0.4 is 10.6 Å². The van der Waals surface area contributed by atoms with E-state index < -0.39 is 31.3 Å². The van der Waals surface area contributed by atoms with Gasteiger partial charge < -0.3 is 26.0 Å². The zero-order valence-electron chi connectivity index (χ0n) is 11.3. The molecule has 116 valence electrons. The second-order valence-corrected chi connectivity index (χ2v) is 6.22. The number of carbonyl (C=O) groups excluding carboxylic acids is 2. The Kier molecular flexibility index (Phi) is 4.94. The molecule has 0 aliphatic heterocycles. The highest BCUT2D eigenvalue weighted by Crippen LogP contribution is 2.31. The molecule has 1 aliphatic carbocycles. The first-order chi connectivity index (χ1) is 10.0. The van der Waals surface area contributed by atoms with Crippen molar-refractivity contribution in [3.05, 3.63) is 17.0 Å². The number of thiophene rings is 1. The molecule has 0 spiro atoms. The minimum absolute atomic E-state index is 0.0424. The molecule has 2 rings (SSSR count). The Morgan fingerprint density at radius 2 is 1.81 bits per heavy atom. The van der Waals surface area contributed by atoms with E-state index in [1.54, 1.807) is 12.1 Å². The van der Waals surface area contributed by atoms with Crippen molar-refractivity contribution in [2.24, 2.45) is 5.92 Å². The van der Waals surface area contributed by atoms with Gasteiger partial charge in [0.1, 0.15) is 5.54 Å². The number of rotatable bonds is 7. The van der Waals surface area contributed by atoms with Crippen molar-refractivity contribution in [3.8, 4) is 0 Å². The van der Waals surface area contributed by atoms with Gasteiger partial charge in [-0.2, -0.15) is 0 Å². The maximum Gasteiger partial charge on any atom is 0.262 e. The largest absolute Gasteiger partial charge is 0.394 e. The molecule has 1 saturated carbocycles. The van der Waals surface area contributed by atoms with Crippen molar-refractivity contribution in [2.75, 3.05) is 25.1 Å². The lowest BCUT2D eigenvalue weighted by atomic mass is 10.0. The lowest BCUT2D eigenvalue weighted by Gasteiger charge is -2.28. The summed E-state index contributed by atoms with van der Waals surface area (Å²) in [5, 5.41) is 33.2. The van der Waals surface area contributed by atoms with Crippen molar-refractivity contribution in [2.45, 2.75) is 18.4 Å². The molecule has 0 saturated heterocycles. The fourth-order valence-electron chi connectivity index (χ4n) is 1.67. The molecule has 0 unspecified atom stereocenters. The van der Waals surface area contributed by atoms with Gasteiger partial charge in [-0.15, -0.1) is 11.3 Å². The van der Waals surface area contributed by atoms with Crippen LogP contribution in [0.4, 0.5) is 5.00 Å². The Balaban J connectivity index is 1.99. The lowest BCUT2D eigenvalue weighted by molar-refractivity contribution is -0.117. The Morgan fingerprint density at radius 3 is 2.33 bits per heavy atom. The van der Waals surface area contributed by atoms with Gasteiger partial charge in [0.05, 0.1) is 29.7 Å². The lowest BCUT2D eigenvalue weighted by Crippen LogP contribution is -2.56. The summed E-state index contributed by atoms with van der Waals surface area (Å²) in [6.45, 7) is -1.74. The van der Waals surface area contributed by atoms with Crippen molar-refractivity contribution in [3.63, 3.8) is 0 Å². The Labute approximate surface area is 125 Å². The van der Waals surface area contributed by atoms with Crippen LogP contribution >= 0.6 is 11.3 Å². The van der Waals surface area contributed by atoms with Gasteiger partial charge in [0.2, 0.25) is 5.91 Å². The molecule has 0 aromatic carbocycles. The van der Waals surface area contributed by atoms with E-state index in [4.69, 9.17) is 0 Å². The molecule has 1 aromatic heterocycles. The van der Waals surface area contributed by atoms with Crippen LogP contribution in [-0.4, -0.2) is 52.5 Å². The average molecular weight is 314 g/mol. The Hall–Kier alpha value is -1.48. The molecule has 1 heterocycles. The van der Waals surface area contributed by atoms with Crippen LogP contribution in [-0.2, 0) is 4.79 Å². The number of anilines is 1. The summed E-state index contributed by atoms with van der Waals surface area (Å²) in [5.41, 5.74) is -1.46. The van der Waals surface area contributed by atoms with E-state index in [-0.39, 0.29) is 11.8 Å². The van der Waals surface area contributed by atoms with E-state index in [0.717, 1.165) is 24.2 Å². The quantitative estimate of drug-likeness (QED) is 0.467. The van der Waals surface area contributed by atoms with Crippen molar-refractivity contribution in [1.82, 2.24) is 5.32 Å². The number of nitrogens with one attached hydrogen (secondary N) is 2. The molecule has 5 N–H and O–H groups in total. The van der Waals surface area contributed by atoms with Crippen LogP contribution in [0.1, 0.15) is 22.5 Å². The van der Waals surface area contributed by atoms with E-state index in [1.807, 2.05) is 0 Å². The van der Waals surface area contributed by atoms with E-state index in [2.05, 4.69) is 10.6 Å². The number of hydrogen-bond donors (Lipinski definition) is 5. The van der Waals surface area contributed by atoms with Gasteiger partial charge in [-0.3, -0.25) is 9.59 Å². The maximum absolute atomic E-state index is 12.0. The first-order valence-electron chi connectivity index (χ1n) is 6.59. The van der Waals surface area contributed by atoms with Gasteiger partial charge in [0.15, 0.2) is 0 Å². The van der Waals surface area contributed by atoms with Crippen molar-refractivity contribution < 1.29 is 24.9 Å². The molecule has 7 nitrogen and oxygen atoms in total. The molecular formula is C13H18N2O5S. The fraction of sp³-hybridized carbons (Fsp3) is 0.538. The van der Waals surface area contributed by atoms with E-state index in [9.17, 15) is 24.9 Å². The summed E-state index contributed by atoms with van der Waals surface area (Å²) in [6, 6.07) is 3.16. The summed E-state index contributed by atoms with van der Waals surface area (Å²) in [4.78, 5) is 24.0. The van der Waals surface area contributed by atoms with E-state index >= 15 is 0 Å². The standard InChI is InChI=1S/C13H18N2O5S/c16-5-13(6-17,7-18)15-12(20)9-3-4-10(21-9)14-11(19)8-1-2-8/h3-4,8,16-18H,1-2,5-7H2,(H,14,19)(H,15,20). The van der Waals surface area contributed by atoms with Gasteiger partial charge in [0.25, 0.3) is 5.91 Å². The van der Waals surface area contributed by atoms with Gasteiger partial charge in [-0.1, -0.05) is 0 Å². The van der Waals surface area contributed by atoms with Crippen molar-refractivity contribution in [1.29, 1.82) is 0 Å². The minimum atomic E-state index is -1.46. The third kappa shape index (κ3) is 3.79. The third-order valence-corrected chi connectivity index (χ3v) is 4.31. The molecule has 2 amide bonds. The molecule has 0 bridgehead atoms. The topological polar surface area (TPSA) is 119 Å². The smallest absolute Gasteiger partial charge is 0.262 e. The molecule has 0 atom stereocenters. The highest BCUT2D eigenvalue weighted by molar-refractivity contribution is 7.18. The zero-order chi connectivity index (χ0) is 15.5. The molecule has 1 aromatic rings. The number of aliphatic hydroxyl groups is 3. The molecule has 8 heteroatoms. The maximum atomic E-state index is 12.0. The Bertz CT molecular complexity index is 514. The summed E-state index contributed by atoms with van der Waals surface area (Å²) in [7, 11) is 0. The van der Waals surface area contributed by atoms with Crippen LogP contribution in [0.3, 0.4) is 0 Å². The first-order valence-corrected chi connectivity index (χ1v) is 7.41. The molecule has 1 fully saturated rings. The van der Waals surface area contributed by atoms with Gasteiger partial charge in [-0.25, -0.2) is 0 Å². The average Bonchev–Trinajstić information content (AvgIpc) is 3.25. The summed E-state index contributed by atoms with van der Waals surface area (Å²) < 4.78 is 0. The van der Waals surface area contributed by atoms with Crippen molar-refractivity contribution >= 4 is 28.2 Å². The van der Waals surface area contributed by atoms with Crippen LogP contribution in [0.15, 0.2) is 12.1 Å². The fourth-order valence-corrected chi connectivity index (χ4v) is 2.47. The van der Waals surface area contributed by atoms with Crippen LogP contribution in [0.5, 0.6) is 0 Å². The van der Waals surface area contributed by atoms with Gasteiger partial charge in [-0.05, 0) is 25.0 Å². The normalized spacial score (nSPS) is 14.8. The van der Waals surface area contributed by atoms with Gasteiger partial charge in [0, 0.05) is 5.92 Å². The third-order valence-electron chi connectivity index (χ3n) is 3.31. The molecule has 21 heavy (non-hydrogen) atoms. The second-order valence-electron chi connectivity index (χ2n) is 5.14. The summed E-state index contributed by atoms with van der Waals surface area (Å²) in [5.74, 6) is -0.488. The van der Waals surface area contributed by atoms with Gasteiger partial charge >= 0.3 is 0 Å². The van der Waals surface area contributed by atoms with Crippen LogP contribution in [0.2, 0.25) is 0 Å². The predicted octanol–water partition coefficient (Wildman–Crippen LogP) is -0.458. The summed E-state index contributed by atoms with van der Waals surface area (Å²) >= 11 is 1.10. The number of carbonyl (C=O) groups is 2. The monoisotopic (exact) mass is 314 g/mol. The molecule has 1 aliphatic rings. The number of hydrogen-bond acceptors (Lipinski definition) is 6. The highest BCUT2D eigenvalue weighted by Gasteiger charge is 2.32. The predicted molar refractivity (Wildman–Crippen MR) is 77.1 cm³/mol. The highest BCUT2D eigenvalue weighted by atomic mass is 32.1. The van der Waals surface area contributed by atoms with E-state index in [1.165, 1.54) is 0 Å². The molecular weight excluding hydrogens is 296 g/mol. The van der Waals surface area contributed by atoms with E-state index in [0.29, 0.717) is 9.88 Å². The SMILES string of the molecule is O=C(NC(CO)(CO)CO)c1ccc(NC(=O)C2CC2)s1. The number of aliphatic hydroxyl groups excluding tert-OH is 3. The first kappa shape index (κ1) is 15.9. The Morgan fingerprint density at radius 1 is 1.19 bits per heavy atom. The van der Waals surface area contributed by atoms with Crippen LogP contribution in [0.25, 0.3) is 0 Å². The van der Waals surface area contributed by atoms with Crippen LogP contribution in [0, 0.1) is 5.92 Å². The molecule has 0 radical (unpaired) electrons. The zero-order valence-corrected chi connectivity index (χ0v) is 12.2. The minimum Gasteiger partial charge on any atom is -0.394 e.